The maximum atomic E-state index is 13.7. The number of carbonyl (C=O) groups excluding carboxylic acids is 1. The van der Waals surface area contributed by atoms with Gasteiger partial charge in [0.2, 0.25) is 0 Å². The Hall–Kier alpha value is -1.07. The Morgan fingerprint density at radius 2 is 2.16 bits per heavy atom. The molecule has 0 heterocycles. The van der Waals surface area contributed by atoms with Crippen LogP contribution in [0.25, 0.3) is 0 Å². The van der Waals surface area contributed by atoms with Crippen molar-refractivity contribution in [2.75, 3.05) is 12.4 Å². The fraction of sp³-hybridized carbons (Fsp3) is 0.615. The van der Waals surface area contributed by atoms with Crippen LogP contribution in [0, 0.1) is 5.92 Å². The highest BCUT2D eigenvalue weighted by Crippen LogP contribution is 2.25. The zero-order valence-corrected chi connectivity index (χ0v) is 12.1. The molecule has 0 spiro atoms. The van der Waals surface area contributed by atoms with Crippen molar-refractivity contribution in [2.45, 2.75) is 32.4 Å². The lowest BCUT2D eigenvalue weighted by Gasteiger charge is -2.28. The summed E-state index contributed by atoms with van der Waals surface area (Å²) < 4.78 is 18.8. The van der Waals surface area contributed by atoms with E-state index in [0.29, 0.717) is 5.57 Å². The summed E-state index contributed by atoms with van der Waals surface area (Å²) >= 11 is 5.64. The topological polar surface area (TPSA) is 64.3 Å². The standard InChI is InChI=1S/C13H20ClFN2O2/c1-13(2,3)19-12(18)17-11-5-10(15)8(6-14)4-9(11)7-16/h4-5,9,11H,6-7,16H2,1-3H3,(H,17,18). The smallest absolute Gasteiger partial charge is 0.408 e. The summed E-state index contributed by atoms with van der Waals surface area (Å²) in [4.78, 5) is 11.7. The van der Waals surface area contributed by atoms with Crippen molar-refractivity contribution in [3.05, 3.63) is 23.6 Å². The Kier molecular flexibility index (Phi) is 5.38. The highest BCUT2D eigenvalue weighted by molar-refractivity contribution is 6.19. The van der Waals surface area contributed by atoms with Crippen LogP contribution in [-0.2, 0) is 4.74 Å². The van der Waals surface area contributed by atoms with Gasteiger partial charge in [-0.25, -0.2) is 9.18 Å². The third-order valence-corrected chi connectivity index (χ3v) is 2.90. The lowest BCUT2D eigenvalue weighted by atomic mass is 9.91. The Labute approximate surface area is 117 Å². The minimum atomic E-state index is -0.601. The molecule has 0 bridgehead atoms. The van der Waals surface area contributed by atoms with Crippen molar-refractivity contribution >= 4 is 17.7 Å². The quantitative estimate of drug-likeness (QED) is 0.785. The predicted octanol–water partition coefficient (Wildman–Crippen LogP) is 2.49. The van der Waals surface area contributed by atoms with E-state index in [1.54, 1.807) is 26.8 Å². The molecule has 3 N–H and O–H groups in total. The first kappa shape index (κ1) is 16.0. The Bertz CT molecular complexity index is 402. The van der Waals surface area contributed by atoms with Crippen LogP contribution in [0.1, 0.15) is 20.8 Å². The first-order valence-electron chi connectivity index (χ1n) is 6.10. The number of alkyl halides is 1. The number of halogens is 2. The summed E-state index contributed by atoms with van der Waals surface area (Å²) in [5.41, 5.74) is 5.43. The molecule has 0 aromatic heterocycles. The van der Waals surface area contributed by atoms with E-state index in [0.717, 1.165) is 0 Å². The second kappa shape index (κ2) is 6.39. The highest BCUT2D eigenvalue weighted by atomic mass is 35.5. The third-order valence-electron chi connectivity index (χ3n) is 2.61. The van der Waals surface area contributed by atoms with Crippen molar-refractivity contribution in [1.29, 1.82) is 0 Å². The molecule has 1 aliphatic carbocycles. The molecule has 6 heteroatoms. The number of carbonyl (C=O) groups is 1. The number of ether oxygens (including phenoxy) is 1. The first-order chi connectivity index (χ1) is 8.76. The predicted molar refractivity (Wildman–Crippen MR) is 73.7 cm³/mol. The first-order valence-corrected chi connectivity index (χ1v) is 6.64. The van der Waals surface area contributed by atoms with E-state index in [-0.39, 0.29) is 18.3 Å². The van der Waals surface area contributed by atoms with Gasteiger partial charge in [-0.05, 0) is 32.4 Å². The molecule has 0 aromatic carbocycles. The molecule has 1 amide bonds. The van der Waals surface area contributed by atoms with Crippen LogP contribution in [-0.4, -0.2) is 30.2 Å². The Morgan fingerprint density at radius 3 is 2.63 bits per heavy atom. The lowest BCUT2D eigenvalue weighted by molar-refractivity contribution is 0.0505. The molecule has 0 radical (unpaired) electrons. The van der Waals surface area contributed by atoms with Crippen LogP contribution in [0.15, 0.2) is 23.6 Å². The van der Waals surface area contributed by atoms with Crippen LogP contribution in [0.5, 0.6) is 0 Å². The molecular weight excluding hydrogens is 271 g/mol. The lowest BCUT2D eigenvalue weighted by Crippen LogP contribution is -2.44. The van der Waals surface area contributed by atoms with Gasteiger partial charge in [-0.1, -0.05) is 6.08 Å². The molecule has 0 fully saturated rings. The van der Waals surface area contributed by atoms with Gasteiger partial charge in [-0.3, -0.25) is 0 Å². The van der Waals surface area contributed by atoms with Crippen LogP contribution >= 0.6 is 11.6 Å². The molecule has 2 atom stereocenters. The molecule has 0 saturated heterocycles. The number of hydrogen-bond donors (Lipinski definition) is 2. The Morgan fingerprint density at radius 1 is 1.53 bits per heavy atom. The van der Waals surface area contributed by atoms with Gasteiger partial charge in [0.1, 0.15) is 11.4 Å². The number of alkyl carbamates (subject to hydrolysis) is 1. The number of rotatable bonds is 3. The van der Waals surface area contributed by atoms with Crippen LogP contribution < -0.4 is 11.1 Å². The third kappa shape index (κ3) is 4.84. The monoisotopic (exact) mass is 290 g/mol. The van der Waals surface area contributed by atoms with Gasteiger partial charge in [0.05, 0.1) is 6.04 Å². The van der Waals surface area contributed by atoms with Crippen LogP contribution in [0.4, 0.5) is 9.18 Å². The number of amides is 1. The maximum Gasteiger partial charge on any atom is 0.408 e. The second-order valence-electron chi connectivity index (χ2n) is 5.41. The highest BCUT2D eigenvalue weighted by Gasteiger charge is 2.27. The van der Waals surface area contributed by atoms with Gasteiger partial charge < -0.3 is 15.8 Å². The van der Waals surface area contributed by atoms with Crippen molar-refractivity contribution in [1.82, 2.24) is 5.32 Å². The number of nitrogens with one attached hydrogen (secondary N) is 1. The van der Waals surface area contributed by atoms with E-state index in [9.17, 15) is 9.18 Å². The molecule has 0 aliphatic heterocycles. The summed E-state index contributed by atoms with van der Waals surface area (Å²) in [5.74, 6) is -0.542. The van der Waals surface area contributed by atoms with Crippen molar-refractivity contribution < 1.29 is 13.9 Å². The summed E-state index contributed by atoms with van der Waals surface area (Å²) in [6.45, 7) is 5.56. The minimum absolute atomic E-state index is 0.0813. The number of allylic oxidation sites excluding steroid dienone is 2. The summed E-state index contributed by atoms with van der Waals surface area (Å²) in [6.07, 6.45) is 2.38. The van der Waals surface area contributed by atoms with E-state index < -0.39 is 23.6 Å². The van der Waals surface area contributed by atoms with Gasteiger partial charge in [-0.15, -0.1) is 11.6 Å². The molecule has 1 rings (SSSR count). The van der Waals surface area contributed by atoms with Gasteiger partial charge in [-0.2, -0.15) is 0 Å². The summed E-state index contributed by atoms with van der Waals surface area (Å²) in [5, 5.41) is 2.61. The zero-order chi connectivity index (χ0) is 14.6. The van der Waals surface area contributed by atoms with Gasteiger partial charge in [0.25, 0.3) is 0 Å². The fourth-order valence-electron chi connectivity index (χ4n) is 1.75. The van der Waals surface area contributed by atoms with Gasteiger partial charge >= 0.3 is 6.09 Å². The second-order valence-corrected chi connectivity index (χ2v) is 5.68. The number of nitrogens with two attached hydrogens (primary N) is 1. The molecule has 1 aliphatic rings. The summed E-state index contributed by atoms with van der Waals surface area (Å²) in [7, 11) is 0. The molecule has 0 aromatic rings. The molecule has 108 valence electrons. The van der Waals surface area contributed by atoms with Crippen LogP contribution in [0.2, 0.25) is 0 Å². The average molecular weight is 291 g/mol. The molecule has 2 unspecified atom stereocenters. The van der Waals surface area contributed by atoms with Crippen molar-refractivity contribution in [3.63, 3.8) is 0 Å². The average Bonchev–Trinajstić information content (AvgIpc) is 2.26. The molecular formula is C13H20ClFN2O2. The normalized spacial score (nSPS) is 23.5. The van der Waals surface area contributed by atoms with E-state index in [1.165, 1.54) is 6.08 Å². The van der Waals surface area contributed by atoms with E-state index in [1.807, 2.05) is 0 Å². The summed E-state index contributed by atoms with van der Waals surface area (Å²) in [6, 6.07) is -0.521. The number of hydrogen-bond acceptors (Lipinski definition) is 3. The van der Waals surface area contributed by atoms with E-state index in [4.69, 9.17) is 22.1 Å². The van der Waals surface area contributed by atoms with Crippen molar-refractivity contribution in [3.8, 4) is 0 Å². The largest absolute Gasteiger partial charge is 0.444 e. The van der Waals surface area contributed by atoms with Crippen LogP contribution in [0.3, 0.4) is 0 Å². The Balaban J connectivity index is 2.73. The minimum Gasteiger partial charge on any atom is -0.444 e. The van der Waals surface area contributed by atoms with Gasteiger partial charge in [0, 0.05) is 18.3 Å². The zero-order valence-electron chi connectivity index (χ0n) is 11.4. The van der Waals surface area contributed by atoms with Gasteiger partial charge in [0.15, 0.2) is 0 Å². The SMILES string of the molecule is CC(C)(C)OC(=O)NC1C=C(F)C(CCl)=CC1CN. The maximum absolute atomic E-state index is 13.7. The van der Waals surface area contributed by atoms with E-state index >= 15 is 0 Å². The molecule has 0 saturated carbocycles. The molecule has 4 nitrogen and oxygen atoms in total. The van der Waals surface area contributed by atoms with Crippen molar-refractivity contribution in [2.24, 2.45) is 11.7 Å². The van der Waals surface area contributed by atoms with E-state index in [2.05, 4.69) is 5.32 Å². The fourth-order valence-corrected chi connectivity index (χ4v) is 1.96. The molecule has 19 heavy (non-hydrogen) atoms.